The summed E-state index contributed by atoms with van der Waals surface area (Å²) in [5, 5.41) is 15.7. The number of hydrogen-bond donors (Lipinski definition) is 3. The molecule has 0 radical (unpaired) electrons. The zero-order valence-corrected chi connectivity index (χ0v) is 15.8. The summed E-state index contributed by atoms with van der Waals surface area (Å²) < 4.78 is 0. The largest absolute Gasteiger partial charge is 0.507 e. The lowest BCUT2D eigenvalue weighted by Gasteiger charge is -2.15. The van der Waals surface area contributed by atoms with Gasteiger partial charge in [-0.05, 0) is 53.9 Å². The van der Waals surface area contributed by atoms with Crippen LogP contribution in [0.1, 0.15) is 21.5 Å². The van der Waals surface area contributed by atoms with Crippen molar-refractivity contribution in [3.8, 4) is 5.75 Å². The predicted molar refractivity (Wildman–Crippen MR) is 112 cm³/mol. The van der Waals surface area contributed by atoms with Crippen molar-refractivity contribution in [1.82, 2.24) is 5.32 Å². The van der Waals surface area contributed by atoms with Crippen molar-refractivity contribution < 1.29 is 14.7 Å². The number of amides is 3. The van der Waals surface area contributed by atoms with Gasteiger partial charge in [0.15, 0.2) is 0 Å². The molecule has 1 heterocycles. The molecule has 3 N–H and O–H groups in total. The number of nitrogens with zero attached hydrogens (tertiary/aromatic N) is 1. The molecule has 146 valence electrons. The Balaban J connectivity index is 1.48. The number of anilines is 2. The van der Waals surface area contributed by atoms with Crippen molar-refractivity contribution >= 4 is 23.3 Å². The molecule has 1 aliphatic rings. The quantitative estimate of drug-likeness (QED) is 0.623. The van der Waals surface area contributed by atoms with Gasteiger partial charge in [-0.25, -0.2) is 4.79 Å². The summed E-state index contributed by atoms with van der Waals surface area (Å²) in [4.78, 5) is 26.1. The molecule has 1 fully saturated rings. The minimum absolute atomic E-state index is 0.0651. The molecule has 6 heteroatoms. The van der Waals surface area contributed by atoms with Gasteiger partial charge in [-0.1, -0.05) is 36.4 Å². The van der Waals surface area contributed by atoms with E-state index in [4.69, 9.17) is 0 Å². The minimum Gasteiger partial charge on any atom is -0.507 e. The molecule has 29 heavy (non-hydrogen) atoms. The fourth-order valence-electron chi connectivity index (χ4n) is 3.35. The van der Waals surface area contributed by atoms with Crippen LogP contribution in [0, 0.1) is 0 Å². The molecule has 0 aliphatic carbocycles. The Hall–Kier alpha value is -3.80. The molecule has 0 spiro atoms. The first-order valence-electron chi connectivity index (χ1n) is 9.43. The first-order chi connectivity index (χ1) is 14.1. The molecule has 3 aromatic rings. The van der Waals surface area contributed by atoms with E-state index in [1.165, 1.54) is 0 Å². The summed E-state index contributed by atoms with van der Waals surface area (Å²) in [6.45, 7) is 1.24. The molecular weight excluding hydrogens is 366 g/mol. The van der Waals surface area contributed by atoms with E-state index in [9.17, 15) is 14.7 Å². The van der Waals surface area contributed by atoms with Crippen molar-refractivity contribution in [3.63, 3.8) is 0 Å². The summed E-state index contributed by atoms with van der Waals surface area (Å²) in [7, 11) is 0. The number of carbonyl (C=O) groups excluding carboxylic acids is 2. The lowest BCUT2D eigenvalue weighted by molar-refractivity contribution is 0.102. The SMILES string of the molecule is O=C(Nc1ccc(N2CCNC2=O)cc1)c1cc(Cc2ccccc2)ccc1O. The van der Waals surface area contributed by atoms with Crippen molar-refractivity contribution in [2.45, 2.75) is 6.42 Å². The van der Waals surface area contributed by atoms with Gasteiger partial charge in [-0.15, -0.1) is 0 Å². The molecule has 0 aromatic heterocycles. The Kier molecular flexibility index (Phi) is 5.16. The molecule has 0 bridgehead atoms. The Bertz CT molecular complexity index is 1030. The molecule has 1 aliphatic heterocycles. The van der Waals surface area contributed by atoms with Crippen LogP contribution < -0.4 is 15.5 Å². The second-order valence-corrected chi connectivity index (χ2v) is 6.90. The smallest absolute Gasteiger partial charge is 0.321 e. The average Bonchev–Trinajstić information content (AvgIpc) is 3.16. The van der Waals surface area contributed by atoms with Gasteiger partial charge >= 0.3 is 6.03 Å². The number of aromatic hydroxyl groups is 1. The second kappa shape index (κ2) is 8.06. The van der Waals surface area contributed by atoms with Gasteiger partial charge < -0.3 is 15.7 Å². The summed E-state index contributed by atoms with van der Waals surface area (Å²) in [5.41, 5.74) is 3.65. The van der Waals surface area contributed by atoms with E-state index in [2.05, 4.69) is 10.6 Å². The normalized spacial score (nSPS) is 13.2. The van der Waals surface area contributed by atoms with E-state index in [-0.39, 0.29) is 23.3 Å². The first kappa shape index (κ1) is 18.6. The molecule has 3 aromatic carbocycles. The molecule has 6 nitrogen and oxygen atoms in total. The van der Waals surface area contributed by atoms with Gasteiger partial charge in [0.1, 0.15) is 5.75 Å². The topological polar surface area (TPSA) is 81.7 Å². The number of phenols is 1. The highest BCUT2D eigenvalue weighted by Gasteiger charge is 2.21. The van der Waals surface area contributed by atoms with Crippen LogP contribution in [0.3, 0.4) is 0 Å². The van der Waals surface area contributed by atoms with Crippen LogP contribution in [0.15, 0.2) is 72.8 Å². The summed E-state index contributed by atoms with van der Waals surface area (Å²) >= 11 is 0. The molecule has 4 rings (SSSR count). The molecule has 0 atom stereocenters. The van der Waals surface area contributed by atoms with Crippen molar-refractivity contribution in [1.29, 1.82) is 0 Å². The van der Waals surface area contributed by atoms with Gasteiger partial charge in [-0.2, -0.15) is 0 Å². The molecule has 0 saturated carbocycles. The second-order valence-electron chi connectivity index (χ2n) is 6.90. The lowest BCUT2D eigenvalue weighted by Crippen LogP contribution is -2.27. The fourth-order valence-corrected chi connectivity index (χ4v) is 3.35. The van der Waals surface area contributed by atoms with Crippen LogP contribution in [-0.4, -0.2) is 30.1 Å². The van der Waals surface area contributed by atoms with Gasteiger partial charge in [-0.3, -0.25) is 9.69 Å². The number of rotatable bonds is 5. The van der Waals surface area contributed by atoms with E-state index in [1.54, 1.807) is 41.3 Å². The van der Waals surface area contributed by atoms with Gasteiger partial charge in [0.05, 0.1) is 5.56 Å². The van der Waals surface area contributed by atoms with Crippen molar-refractivity contribution in [3.05, 3.63) is 89.5 Å². The van der Waals surface area contributed by atoms with E-state index in [1.807, 2.05) is 36.4 Å². The van der Waals surface area contributed by atoms with Crippen molar-refractivity contribution in [2.24, 2.45) is 0 Å². The minimum atomic E-state index is -0.385. The summed E-state index contributed by atoms with van der Waals surface area (Å²) in [6.07, 6.45) is 0.675. The van der Waals surface area contributed by atoms with Crippen LogP contribution in [0.5, 0.6) is 5.75 Å². The van der Waals surface area contributed by atoms with Gasteiger partial charge in [0.25, 0.3) is 5.91 Å². The monoisotopic (exact) mass is 387 g/mol. The third-order valence-corrected chi connectivity index (χ3v) is 4.85. The van der Waals surface area contributed by atoms with E-state index < -0.39 is 0 Å². The van der Waals surface area contributed by atoms with E-state index in [0.29, 0.717) is 25.2 Å². The zero-order chi connectivity index (χ0) is 20.2. The zero-order valence-electron chi connectivity index (χ0n) is 15.8. The van der Waals surface area contributed by atoms with Gasteiger partial charge in [0, 0.05) is 24.5 Å². The van der Waals surface area contributed by atoms with Crippen LogP contribution in [0.25, 0.3) is 0 Å². The Morgan fingerprint density at radius 3 is 2.45 bits per heavy atom. The number of hydrogen-bond acceptors (Lipinski definition) is 3. The Morgan fingerprint density at radius 2 is 1.76 bits per heavy atom. The first-order valence-corrected chi connectivity index (χ1v) is 9.43. The van der Waals surface area contributed by atoms with E-state index in [0.717, 1.165) is 16.8 Å². The molecule has 1 saturated heterocycles. The third-order valence-electron chi connectivity index (χ3n) is 4.85. The standard InChI is InChI=1S/C23H21N3O3/c27-21-11-6-17(14-16-4-2-1-3-5-16)15-20(21)22(28)25-18-7-9-19(10-8-18)26-13-12-24-23(26)29/h1-11,15,27H,12-14H2,(H,24,29)(H,25,28). The average molecular weight is 387 g/mol. The van der Waals surface area contributed by atoms with Crippen molar-refractivity contribution in [2.75, 3.05) is 23.3 Å². The highest BCUT2D eigenvalue weighted by Crippen LogP contribution is 2.23. The van der Waals surface area contributed by atoms with Crippen LogP contribution in [0.4, 0.5) is 16.2 Å². The highest BCUT2D eigenvalue weighted by atomic mass is 16.3. The number of nitrogens with one attached hydrogen (secondary N) is 2. The fraction of sp³-hybridized carbons (Fsp3) is 0.130. The Labute approximate surface area is 168 Å². The van der Waals surface area contributed by atoms with Gasteiger partial charge in [0.2, 0.25) is 0 Å². The lowest BCUT2D eigenvalue weighted by atomic mass is 10.0. The van der Waals surface area contributed by atoms with Crippen LogP contribution >= 0.6 is 0 Å². The Morgan fingerprint density at radius 1 is 1.00 bits per heavy atom. The summed E-state index contributed by atoms with van der Waals surface area (Å²) in [5.74, 6) is -0.450. The van der Waals surface area contributed by atoms with E-state index >= 15 is 0 Å². The third kappa shape index (κ3) is 4.21. The highest BCUT2D eigenvalue weighted by molar-refractivity contribution is 6.06. The van der Waals surface area contributed by atoms with Crippen LogP contribution in [-0.2, 0) is 6.42 Å². The number of benzene rings is 3. The predicted octanol–water partition coefficient (Wildman–Crippen LogP) is 3.76. The maximum Gasteiger partial charge on any atom is 0.321 e. The molecule has 0 unspecified atom stereocenters. The number of carbonyl (C=O) groups is 2. The molecular formula is C23H21N3O3. The number of phenolic OH excluding ortho intramolecular Hbond substituents is 1. The number of urea groups is 1. The van der Waals surface area contributed by atoms with Crippen LogP contribution in [0.2, 0.25) is 0 Å². The summed E-state index contributed by atoms with van der Waals surface area (Å²) in [6, 6.07) is 21.9. The molecule has 3 amide bonds. The maximum atomic E-state index is 12.7. The maximum absolute atomic E-state index is 12.7.